The maximum Gasteiger partial charge on any atom is 0.203 e. The zero-order chi connectivity index (χ0) is 21.9. The number of hydrogen-bond donors (Lipinski definition) is 0. The summed E-state index contributed by atoms with van der Waals surface area (Å²) in [7, 11) is 3.35. The molecule has 0 aliphatic heterocycles. The highest BCUT2D eigenvalue weighted by atomic mass is 16.5. The highest BCUT2D eigenvalue weighted by molar-refractivity contribution is 5.53. The summed E-state index contributed by atoms with van der Waals surface area (Å²) in [5, 5.41) is 0. The van der Waals surface area contributed by atoms with E-state index in [1.807, 2.05) is 19.1 Å². The van der Waals surface area contributed by atoms with E-state index >= 15 is 0 Å². The standard InChI is InChI=1S/C27H48O3/c1-5-6-7-8-9-10-11-12-13-14-15-16-17-18-19-20-21-30-27-25(28-3)22-24(2)23-26(27)29-4/h22-23H,5-21H2,1-4H3. The molecule has 0 radical (unpaired) electrons. The molecule has 0 unspecified atom stereocenters. The summed E-state index contributed by atoms with van der Waals surface area (Å²) >= 11 is 0. The molecule has 3 heteroatoms. The molecule has 3 nitrogen and oxygen atoms in total. The lowest BCUT2D eigenvalue weighted by atomic mass is 10.0. The number of unbranched alkanes of at least 4 members (excludes halogenated alkanes) is 15. The van der Waals surface area contributed by atoms with E-state index in [4.69, 9.17) is 14.2 Å². The highest BCUT2D eigenvalue weighted by Gasteiger charge is 2.12. The Kier molecular flexibility index (Phi) is 16.3. The summed E-state index contributed by atoms with van der Waals surface area (Å²) in [6, 6.07) is 3.98. The van der Waals surface area contributed by atoms with E-state index in [0.29, 0.717) is 6.61 Å². The molecule has 0 aliphatic carbocycles. The van der Waals surface area contributed by atoms with Gasteiger partial charge in [0.15, 0.2) is 11.5 Å². The molecule has 0 saturated heterocycles. The number of rotatable bonds is 20. The fourth-order valence-electron chi connectivity index (χ4n) is 3.98. The van der Waals surface area contributed by atoms with Gasteiger partial charge in [-0.05, 0) is 31.0 Å². The minimum Gasteiger partial charge on any atom is -0.493 e. The number of aryl methyl sites for hydroxylation is 1. The molecule has 0 atom stereocenters. The lowest BCUT2D eigenvalue weighted by Crippen LogP contribution is -2.02. The topological polar surface area (TPSA) is 27.7 Å². The molecule has 1 aromatic carbocycles. The minimum absolute atomic E-state index is 0.716. The van der Waals surface area contributed by atoms with Crippen molar-refractivity contribution in [3.8, 4) is 17.2 Å². The van der Waals surface area contributed by atoms with Crippen LogP contribution in [0.3, 0.4) is 0 Å². The zero-order valence-corrected chi connectivity index (χ0v) is 20.4. The monoisotopic (exact) mass is 420 g/mol. The van der Waals surface area contributed by atoms with E-state index in [2.05, 4.69) is 6.92 Å². The Labute approximate surface area is 186 Å². The molecule has 1 aromatic rings. The van der Waals surface area contributed by atoms with Gasteiger partial charge in [0.05, 0.1) is 20.8 Å². The van der Waals surface area contributed by atoms with Gasteiger partial charge in [0.2, 0.25) is 5.75 Å². The van der Waals surface area contributed by atoms with Gasteiger partial charge in [0, 0.05) is 0 Å². The molecule has 0 spiro atoms. The van der Waals surface area contributed by atoms with Crippen molar-refractivity contribution in [3.63, 3.8) is 0 Å². The van der Waals surface area contributed by atoms with Crippen LogP contribution in [0.2, 0.25) is 0 Å². The van der Waals surface area contributed by atoms with E-state index in [1.165, 1.54) is 96.3 Å². The first-order valence-electron chi connectivity index (χ1n) is 12.6. The normalized spacial score (nSPS) is 10.9. The van der Waals surface area contributed by atoms with Crippen LogP contribution in [0.4, 0.5) is 0 Å². The van der Waals surface area contributed by atoms with Crippen LogP contribution < -0.4 is 14.2 Å². The third kappa shape index (κ3) is 12.3. The fraction of sp³-hybridized carbons (Fsp3) is 0.778. The lowest BCUT2D eigenvalue weighted by molar-refractivity contribution is 0.267. The molecule has 0 N–H and O–H groups in total. The number of benzene rings is 1. The summed E-state index contributed by atoms with van der Waals surface area (Å²) in [5.41, 5.74) is 1.11. The first-order chi connectivity index (χ1) is 14.7. The van der Waals surface area contributed by atoms with Crippen LogP contribution in [0.15, 0.2) is 12.1 Å². The first-order valence-corrected chi connectivity index (χ1v) is 12.6. The second kappa shape index (κ2) is 18.4. The molecule has 0 amide bonds. The van der Waals surface area contributed by atoms with E-state index in [0.717, 1.165) is 29.2 Å². The molecule has 0 fully saturated rings. The van der Waals surface area contributed by atoms with E-state index in [-0.39, 0.29) is 0 Å². The Morgan fingerprint density at radius 1 is 0.567 bits per heavy atom. The van der Waals surface area contributed by atoms with Gasteiger partial charge in [0.1, 0.15) is 0 Å². The third-order valence-corrected chi connectivity index (χ3v) is 5.85. The fourth-order valence-corrected chi connectivity index (χ4v) is 3.98. The van der Waals surface area contributed by atoms with Crippen LogP contribution in [0.1, 0.15) is 115 Å². The number of hydrogen-bond acceptors (Lipinski definition) is 3. The third-order valence-electron chi connectivity index (χ3n) is 5.85. The molecule has 0 aliphatic rings. The highest BCUT2D eigenvalue weighted by Crippen LogP contribution is 2.38. The van der Waals surface area contributed by atoms with Gasteiger partial charge in [-0.2, -0.15) is 0 Å². The summed E-state index contributed by atoms with van der Waals surface area (Å²) < 4.78 is 16.9. The van der Waals surface area contributed by atoms with Crippen molar-refractivity contribution in [2.24, 2.45) is 0 Å². The molecular formula is C27H48O3. The second-order valence-corrected chi connectivity index (χ2v) is 8.65. The maximum absolute atomic E-state index is 5.97. The lowest BCUT2D eigenvalue weighted by Gasteiger charge is -2.15. The van der Waals surface area contributed by atoms with Crippen molar-refractivity contribution in [1.29, 1.82) is 0 Å². The Hall–Kier alpha value is -1.38. The van der Waals surface area contributed by atoms with Gasteiger partial charge < -0.3 is 14.2 Å². The van der Waals surface area contributed by atoms with Crippen LogP contribution in [0.25, 0.3) is 0 Å². The Morgan fingerprint density at radius 3 is 1.30 bits per heavy atom. The quantitative estimate of drug-likeness (QED) is 0.197. The van der Waals surface area contributed by atoms with Crippen LogP contribution in [-0.4, -0.2) is 20.8 Å². The van der Waals surface area contributed by atoms with Gasteiger partial charge in [-0.3, -0.25) is 0 Å². The van der Waals surface area contributed by atoms with Gasteiger partial charge in [-0.25, -0.2) is 0 Å². The molecule has 1 rings (SSSR count). The van der Waals surface area contributed by atoms with Crippen LogP contribution in [0, 0.1) is 6.92 Å². The molecule has 0 aromatic heterocycles. The summed E-state index contributed by atoms with van der Waals surface area (Å²) in [6.07, 6.45) is 22.1. The van der Waals surface area contributed by atoms with E-state index < -0.39 is 0 Å². The van der Waals surface area contributed by atoms with Gasteiger partial charge >= 0.3 is 0 Å². The maximum atomic E-state index is 5.97. The molecular weight excluding hydrogens is 372 g/mol. The van der Waals surface area contributed by atoms with Crippen LogP contribution in [0.5, 0.6) is 17.2 Å². The Morgan fingerprint density at radius 2 is 0.933 bits per heavy atom. The van der Waals surface area contributed by atoms with Crippen LogP contribution >= 0.6 is 0 Å². The van der Waals surface area contributed by atoms with Crippen molar-refractivity contribution < 1.29 is 14.2 Å². The SMILES string of the molecule is CCCCCCCCCCCCCCCCCCOc1c(OC)cc(C)cc1OC. The van der Waals surface area contributed by atoms with E-state index in [9.17, 15) is 0 Å². The van der Waals surface area contributed by atoms with Crippen LogP contribution in [-0.2, 0) is 0 Å². The summed E-state index contributed by atoms with van der Waals surface area (Å²) in [4.78, 5) is 0. The van der Waals surface area contributed by atoms with Crippen molar-refractivity contribution >= 4 is 0 Å². The second-order valence-electron chi connectivity index (χ2n) is 8.65. The van der Waals surface area contributed by atoms with E-state index in [1.54, 1.807) is 14.2 Å². The molecule has 0 bridgehead atoms. The Bertz CT molecular complexity index is 502. The van der Waals surface area contributed by atoms with Crippen molar-refractivity contribution in [1.82, 2.24) is 0 Å². The van der Waals surface area contributed by atoms with Gasteiger partial charge in [-0.1, -0.05) is 103 Å². The van der Waals surface area contributed by atoms with Crippen molar-refractivity contribution in [3.05, 3.63) is 17.7 Å². The molecule has 0 heterocycles. The average Bonchev–Trinajstić information content (AvgIpc) is 2.76. The van der Waals surface area contributed by atoms with Gasteiger partial charge in [0.25, 0.3) is 0 Å². The average molecular weight is 421 g/mol. The van der Waals surface area contributed by atoms with Crippen molar-refractivity contribution in [2.75, 3.05) is 20.8 Å². The minimum atomic E-state index is 0.716. The predicted molar refractivity (Wildman–Crippen MR) is 129 cm³/mol. The summed E-state index contributed by atoms with van der Waals surface area (Å²) in [6.45, 7) is 5.04. The summed E-state index contributed by atoms with van der Waals surface area (Å²) in [5.74, 6) is 2.23. The molecule has 0 saturated carbocycles. The van der Waals surface area contributed by atoms with Crippen molar-refractivity contribution in [2.45, 2.75) is 117 Å². The number of ether oxygens (including phenoxy) is 3. The zero-order valence-electron chi connectivity index (χ0n) is 20.4. The Balaban J connectivity index is 1.94. The number of methoxy groups -OCH3 is 2. The first kappa shape index (κ1) is 26.7. The molecule has 30 heavy (non-hydrogen) atoms. The largest absolute Gasteiger partial charge is 0.493 e. The smallest absolute Gasteiger partial charge is 0.203 e. The van der Waals surface area contributed by atoms with Gasteiger partial charge in [-0.15, -0.1) is 0 Å². The molecule has 174 valence electrons. The predicted octanol–water partition coefficient (Wildman–Crippen LogP) is 8.65.